The predicted octanol–water partition coefficient (Wildman–Crippen LogP) is 2.82. The Morgan fingerprint density at radius 2 is 2.00 bits per heavy atom. The van der Waals surface area contributed by atoms with Gasteiger partial charge in [-0.15, -0.1) is 0 Å². The Labute approximate surface area is 126 Å². The molecule has 2 unspecified atom stereocenters. The first-order valence-corrected chi connectivity index (χ1v) is 7.86. The number of halogens is 1. The van der Waals surface area contributed by atoms with E-state index in [2.05, 4.69) is 22.5 Å². The third kappa shape index (κ3) is 3.04. The van der Waals surface area contributed by atoms with Gasteiger partial charge < -0.3 is 10.6 Å². The van der Waals surface area contributed by atoms with E-state index < -0.39 is 0 Å². The van der Waals surface area contributed by atoms with E-state index in [4.69, 9.17) is 0 Å². The molecule has 0 spiro atoms. The molecule has 0 heterocycles. The van der Waals surface area contributed by atoms with Crippen molar-refractivity contribution in [3.05, 3.63) is 35.6 Å². The van der Waals surface area contributed by atoms with Crippen molar-refractivity contribution in [2.75, 3.05) is 13.6 Å². The topological polar surface area (TPSA) is 36.4 Å². The fourth-order valence-corrected chi connectivity index (χ4v) is 3.12. The first-order valence-electron chi connectivity index (χ1n) is 7.86. The zero-order valence-electron chi connectivity index (χ0n) is 12.8. The molecule has 4 heteroatoms. The molecule has 0 aliphatic heterocycles. The van der Waals surface area contributed by atoms with E-state index in [1.54, 1.807) is 12.1 Å². The number of guanidine groups is 1. The van der Waals surface area contributed by atoms with Gasteiger partial charge in [-0.25, -0.2) is 4.39 Å². The number of hydrogen-bond donors (Lipinski definition) is 2. The van der Waals surface area contributed by atoms with Gasteiger partial charge in [0.25, 0.3) is 0 Å². The Bertz CT molecular complexity index is 519. The summed E-state index contributed by atoms with van der Waals surface area (Å²) in [6, 6.07) is 7.55. The molecule has 3 nitrogen and oxygen atoms in total. The van der Waals surface area contributed by atoms with E-state index in [1.807, 2.05) is 19.2 Å². The maximum Gasteiger partial charge on any atom is 0.191 e. The largest absolute Gasteiger partial charge is 0.356 e. The summed E-state index contributed by atoms with van der Waals surface area (Å²) in [5.74, 6) is 1.47. The molecule has 1 aromatic carbocycles. The SMILES string of the molecule is CN=C(NCC1(c2ccc(F)cc2)CCC1)NC1CC1C. The summed E-state index contributed by atoms with van der Waals surface area (Å²) < 4.78 is 13.1. The Hall–Kier alpha value is -1.58. The van der Waals surface area contributed by atoms with Crippen LogP contribution in [0.15, 0.2) is 29.3 Å². The Morgan fingerprint density at radius 3 is 2.48 bits per heavy atom. The van der Waals surface area contributed by atoms with E-state index >= 15 is 0 Å². The Kier molecular flexibility index (Phi) is 3.87. The number of benzene rings is 1. The molecule has 2 saturated carbocycles. The molecule has 2 aliphatic carbocycles. The minimum absolute atomic E-state index is 0.139. The fraction of sp³-hybridized carbons (Fsp3) is 0.588. The second kappa shape index (κ2) is 5.66. The molecular formula is C17H24FN3. The summed E-state index contributed by atoms with van der Waals surface area (Å²) >= 11 is 0. The van der Waals surface area contributed by atoms with Gasteiger partial charge in [-0.05, 0) is 42.9 Å². The first kappa shape index (κ1) is 14.4. The van der Waals surface area contributed by atoms with Crippen molar-refractivity contribution in [2.45, 2.75) is 44.1 Å². The zero-order valence-corrected chi connectivity index (χ0v) is 12.8. The van der Waals surface area contributed by atoms with Gasteiger partial charge in [-0.1, -0.05) is 25.5 Å². The lowest BCUT2D eigenvalue weighted by atomic mass is 9.64. The molecule has 2 N–H and O–H groups in total. The highest BCUT2D eigenvalue weighted by molar-refractivity contribution is 5.80. The van der Waals surface area contributed by atoms with Gasteiger partial charge in [0.1, 0.15) is 5.82 Å². The molecule has 2 fully saturated rings. The van der Waals surface area contributed by atoms with Crippen LogP contribution >= 0.6 is 0 Å². The Balaban J connectivity index is 1.62. The molecule has 21 heavy (non-hydrogen) atoms. The third-order valence-corrected chi connectivity index (χ3v) is 5.02. The van der Waals surface area contributed by atoms with Crippen LogP contribution in [-0.2, 0) is 5.41 Å². The molecule has 114 valence electrons. The third-order valence-electron chi connectivity index (χ3n) is 5.02. The number of hydrogen-bond acceptors (Lipinski definition) is 1. The van der Waals surface area contributed by atoms with Crippen molar-refractivity contribution in [3.8, 4) is 0 Å². The van der Waals surface area contributed by atoms with E-state index in [-0.39, 0.29) is 11.2 Å². The molecule has 0 bridgehead atoms. The summed E-state index contributed by atoms with van der Waals surface area (Å²) in [6.07, 6.45) is 4.78. The van der Waals surface area contributed by atoms with Crippen LogP contribution < -0.4 is 10.6 Å². The van der Waals surface area contributed by atoms with Gasteiger partial charge >= 0.3 is 0 Å². The number of rotatable bonds is 4. The lowest BCUT2D eigenvalue weighted by Crippen LogP contribution is -2.49. The Morgan fingerprint density at radius 1 is 1.33 bits per heavy atom. The van der Waals surface area contributed by atoms with Gasteiger partial charge in [-0.2, -0.15) is 0 Å². The zero-order chi connectivity index (χ0) is 14.9. The van der Waals surface area contributed by atoms with Crippen molar-refractivity contribution < 1.29 is 4.39 Å². The van der Waals surface area contributed by atoms with Gasteiger partial charge in [0.2, 0.25) is 0 Å². The standard InChI is InChI=1S/C17H24FN3/c1-12-10-15(12)21-16(19-2)20-11-17(8-3-9-17)13-4-6-14(18)7-5-13/h4-7,12,15H,3,8-11H2,1-2H3,(H2,19,20,21). The van der Waals surface area contributed by atoms with Crippen molar-refractivity contribution in [2.24, 2.45) is 10.9 Å². The maximum absolute atomic E-state index is 13.1. The fourth-order valence-electron chi connectivity index (χ4n) is 3.12. The average Bonchev–Trinajstić information content (AvgIpc) is 3.13. The second-order valence-electron chi connectivity index (χ2n) is 6.53. The summed E-state index contributed by atoms with van der Waals surface area (Å²) in [5, 5.41) is 6.91. The van der Waals surface area contributed by atoms with Crippen molar-refractivity contribution in [1.82, 2.24) is 10.6 Å². The quantitative estimate of drug-likeness (QED) is 0.660. The minimum Gasteiger partial charge on any atom is -0.356 e. The van der Waals surface area contributed by atoms with E-state index in [0.29, 0.717) is 6.04 Å². The van der Waals surface area contributed by atoms with E-state index in [0.717, 1.165) is 31.3 Å². The number of aliphatic imine (C=N–C) groups is 1. The average molecular weight is 289 g/mol. The van der Waals surface area contributed by atoms with Crippen molar-refractivity contribution in [3.63, 3.8) is 0 Å². The van der Waals surface area contributed by atoms with Crippen molar-refractivity contribution in [1.29, 1.82) is 0 Å². The molecule has 2 aliphatic rings. The molecule has 3 rings (SSSR count). The van der Waals surface area contributed by atoms with Crippen LogP contribution in [0.25, 0.3) is 0 Å². The van der Waals surface area contributed by atoms with Crippen LogP contribution in [0.1, 0.15) is 38.2 Å². The monoisotopic (exact) mass is 289 g/mol. The number of nitrogens with zero attached hydrogens (tertiary/aromatic N) is 1. The lowest BCUT2D eigenvalue weighted by Gasteiger charge is -2.43. The highest BCUT2D eigenvalue weighted by Gasteiger charge is 2.39. The second-order valence-corrected chi connectivity index (χ2v) is 6.53. The molecule has 0 radical (unpaired) electrons. The van der Waals surface area contributed by atoms with E-state index in [1.165, 1.54) is 18.4 Å². The molecule has 1 aromatic rings. The summed E-state index contributed by atoms with van der Waals surface area (Å²) in [6.45, 7) is 3.11. The van der Waals surface area contributed by atoms with Crippen LogP contribution in [0.2, 0.25) is 0 Å². The van der Waals surface area contributed by atoms with Crippen LogP contribution in [-0.4, -0.2) is 25.6 Å². The maximum atomic E-state index is 13.1. The summed E-state index contributed by atoms with van der Waals surface area (Å²) in [5.41, 5.74) is 1.37. The summed E-state index contributed by atoms with van der Waals surface area (Å²) in [7, 11) is 1.81. The van der Waals surface area contributed by atoms with Crippen molar-refractivity contribution >= 4 is 5.96 Å². The minimum atomic E-state index is -0.165. The van der Waals surface area contributed by atoms with Crippen LogP contribution in [0, 0.1) is 11.7 Å². The van der Waals surface area contributed by atoms with Gasteiger partial charge in [0, 0.05) is 25.0 Å². The molecule has 0 saturated heterocycles. The summed E-state index contributed by atoms with van der Waals surface area (Å²) in [4.78, 5) is 4.31. The normalized spacial score (nSPS) is 26.9. The highest BCUT2D eigenvalue weighted by Crippen LogP contribution is 2.43. The van der Waals surface area contributed by atoms with Crippen LogP contribution in [0.4, 0.5) is 4.39 Å². The predicted molar refractivity (Wildman–Crippen MR) is 84.0 cm³/mol. The molecule has 0 aromatic heterocycles. The van der Waals surface area contributed by atoms with Crippen LogP contribution in [0.3, 0.4) is 0 Å². The van der Waals surface area contributed by atoms with Gasteiger partial charge in [0.15, 0.2) is 5.96 Å². The molecule has 0 amide bonds. The molecule has 2 atom stereocenters. The van der Waals surface area contributed by atoms with Crippen LogP contribution in [0.5, 0.6) is 0 Å². The number of nitrogens with one attached hydrogen (secondary N) is 2. The molecular weight excluding hydrogens is 265 g/mol. The highest BCUT2D eigenvalue weighted by atomic mass is 19.1. The lowest BCUT2D eigenvalue weighted by molar-refractivity contribution is 0.243. The van der Waals surface area contributed by atoms with Gasteiger partial charge in [-0.3, -0.25) is 4.99 Å². The first-order chi connectivity index (χ1) is 10.1. The van der Waals surface area contributed by atoms with E-state index in [9.17, 15) is 4.39 Å². The van der Waals surface area contributed by atoms with Gasteiger partial charge in [0.05, 0.1) is 0 Å². The smallest absolute Gasteiger partial charge is 0.191 e.